The van der Waals surface area contributed by atoms with Gasteiger partial charge in [-0.1, -0.05) is 6.07 Å². The molecule has 0 aliphatic rings. The highest BCUT2D eigenvalue weighted by atomic mass is 19.1. The number of nitrogens with one attached hydrogen (secondary N) is 1. The van der Waals surface area contributed by atoms with Crippen LogP contribution in [0.2, 0.25) is 0 Å². The molecule has 1 rings (SSSR count). The van der Waals surface area contributed by atoms with Gasteiger partial charge >= 0.3 is 0 Å². The summed E-state index contributed by atoms with van der Waals surface area (Å²) in [5, 5.41) is 2.54. The van der Waals surface area contributed by atoms with Crippen LogP contribution in [-0.2, 0) is 4.79 Å². The van der Waals surface area contributed by atoms with Crippen molar-refractivity contribution >= 4 is 5.91 Å². The van der Waals surface area contributed by atoms with Gasteiger partial charge in [-0.25, -0.2) is 8.78 Å². The van der Waals surface area contributed by atoms with Gasteiger partial charge in [0.1, 0.15) is 17.7 Å². The minimum Gasteiger partial charge on any atom is -0.368 e. The third-order valence-corrected chi connectivity index (χ3v) is 1.85. The van der Waals surface area contributed by atoms with Crippen molar-refractivity contribution in [2.45, 2.75) is 6.04 Å². The van der Waals surface area contributed by atoms with E-state index in [0.29, 0.717) is 6.07 Å². The summed E-state index contributed by atoms with van der Waals surface area (Å²) in [6.07, 6.45) is 0. The molecule has 0 aromatic heterocycles. The zero-order valence-corrected chi connectivity index (χ0v) is 7.55. The Balaban J connectivity index is 3.10. The smallest absolute Gasteiger partial charge is 0.239 e. The minimum atomic E-state index is -0.935. The van der Waals surface area contributed by atoms with E-state index in [2.05, 4.69) is 5.32 Å². The van der Waals surface area contributed by atoms with Crippen molar-refractivity contribution in [3.05, 3.63) is 35.4 Å². The summed E-state index contributed by atoms with van der Waals surface area (Å²) in [4.78, 5) is 10.9. The monoisotopic (exact) mass is 200 g/mol. The molecule has 0 spiro atoms. The molecule has 0 heterocycles. The lowest BCUT2D eigenvalue weighted by molar-refractivity contribution is -0.120. The first-order chi connectivity index (χ1) is 6.56. The summed E-state index contributed by atoms with van der Waals surface area (Å²) in [6.45, 7) is 0. The molecule has 5 heteroatoms. The van der Waals surface area contributed by atoms with E-state index in [1.807, 2.05) is 0 Å². The SMILES string of the molecule is CN[C@H](C(N)=O)c1ccc(F)cc1F. The van der Waals surface area contributed by atoms with Crippen LogP contribution in [0.4, 0.5) is 8.78 Å². The zero-order valence-electron chi connectivity index (χ0n) is 7.55. The third kappa shape index (κ3) is 2.05. The Morgan fingerprint density at radius 3 is 2.57 bits per heavy atom. The summed E-state index contributed by atoms with van der Waals surface area (Å²) in [5.74, 6) is -2.19. The van der Waals surface area contributed by atoms with Gasteiger partial charge in [0.15, 0.2) is 0 Å². The highest BCUT2D eigenvalue weighted by molar-refractivity contribution is 5.81. The Bertz CT molecular complexity index is 355. The second kappa shape index (κ2) is 4.15. The number of likely N-dealkylation sites (N-methyl/N-ethyl adjacent to an activating group) is 1. The fourth-order valence-corrected chi connectivity index (χ4v) is 1.19. The van der Waals surface area contributed by atoms with Crippen LogP contribution in [0.1, 0.15) is 11.6 Å². The number of hydrogen-bond donors (Lipinski definition) is 2. The Labute approximate surface area is 79.9 Å². The van der Waals surface area contributed by atoms with E-state index in [4.69, 9.17) is 5.73 Å². The Hall–Kier alpha value is -1.49. The Kier molecular flexibility index (Phi) is 3.14. The van der Waals surface area contributed by atoms with Crippen molar-refractivity contribution in [3.63, 3.8) is 0 Å². The van der Waals surface area contributed by atoms with Gasteiger partial charge in [-0.3, -0.25) is 4.79 Å². The molecular formula is C9H10F2N2O. The second-order valence-electron chi connectivity index (χ2n) is 2.79. The standard InChI is InChI=1S/C9H10F2N2O/c1-13-8(9(12)14)6-3-2-5(10)4-7(6)11/h2-4,8,13H,1H3,(H2,12,14)/t8-/m0/s1. The van der Waals surface area contributed by atoms with Crippen LogP contribution in [0.3, 0.4) is 0 Å². The first-order valence-corrected chi connectivity index (χ1v) is 3.97. The number of nitrogens with two attached hydrogens (primary N) is 1. The number of hydrogen-bond acceptors (Lipinski definition) is 2. The van der Waals surface area contributed by atoms with Gasteiger partial charge in [-0.05, 0) is 13.1 Å². The fraction of sp³-hybridized carbons (Fsp3) is 0.222. The lowest BCUT2D eigenvalue weighted by atomic mass is 10.1. The van der Waals surface area contributed by atoms with E-state index in [1.54, 1.807) is 0 Å². The molecule has 0 radical (unpaired) electrons. The maximum Gasteiger partial charge on any atom is 0.239 e. The molecule has 0 aliphatic heterocycles. The molecule has 3 nitrogen and oxygen atoms in total. The first-order valence-electron chi connectivity index (χ1n) is 3.97. The lowest BCUT2D eigenvalue weighted by Gasteiger charge is -2.13. The van der Waals surface area contributed by atoms with Gasteiger partial charge in [-0.2, -0.15) is 0 Å². The second-order valence-corrected chi connectivity index (χ2v) is 2.79. The number of benzene rings is 1. The molecule has 0 saturated carbocycles. The normalized spacial score (nSPS) is 12.5. The molecule has 0 saturated heterocycles. The molecule has 14 heavy (non-hydrogen) atoms. The summed E-state index contributed by atoms with van der Waals surface area (Å²) >= 11 is 0. The van der Waals surface area contributed by atoms with Crippen LogP contribution in [0, 0.1) is 11.6 Å². The van der Waals surface area contributed by atoms with Crippen LogP contribution < -0.4 is 11.1 Å². The maximum atomic E-state index is 13.2. The minimum absolute atomic E-state index is 0.0430. The quantitative estimate of drug-likeness (QED) is 0.755. The zero-order chi connectivity index (χ0) is 10.7. The number of primary amides is 1. The molecule has 0 unspecified atom stereocenters. The predicted molar refractivity (Wildman–Crippen MR) is 47.4 cm³/mol. The average molecular weight is 200 g/mol. The Morgan fingerprint density at radius 1 is 1.50 bits per heavy atom. The van der Waals surface area contributed by atoms with Gasteiger partial charge < -0.3 is 11.1 Å². The summed E-state index contributed by atoms with van der Waals surface area (Å²) in [7, 11) is 1.47. The molecule has 3 N–H and O–H groups in total. The highest BCUT2D eigenvalue weighted by Gasteiger charge is 2.19. The van der Waals surface area contributed by atoms with Crippen LogP contribution in [0.25, 0.3) is 0 Å². The molecule has 1 aromatic carbocycles. The molecule has 0 bridgehead atoms. The summed E-state index contributed by atoms with van der Waals surface area (Å²) < 4.78 is 25.7. The number of halogens is 2. The predicted octanol–water partition coefficient (Wildman–Crippen LogP) is 0.711. The van der Waals surface area contributed by atoms with Crippen molar-refractivity contribution in [1.29, 1.82) is 0 Å². The van der Waals surface area contributed by atoms with Crippen LogP contribution in [0.5, 0.6) is 0 Å². The van der Waals surface area contributed by atoms with Gasteiger partial charge in [0, 0.05) is 11.6 Å². The van der Waals surface area contributed by atoms with Crippen LogP contribution in [0.15, 0.2) is 18.2 Å². The van der Waals surface area contributed by atoms with Crippen molar-refractivity contribution in [2.24, 2.45) is 5.73 Å². The van der Waals surface area contributed by atoms with Crippen LogP contribution >= 0.6 is 0 Å². The number of amides is 1. The highest BCUT2D eigenvalue weighted by Crippen LogP contribution is 2.17. The molecule has 0 aliphatic carbocycles. The third-order valence-electron chi connectivity index (χ3n) is 1.85. The largest absolute Gasteiger partial charge is 0.368 e. The first kappa shape index (κ1) is 10.6. The molecular weight excluding hydrogens is 190 g/mol. The number of carbonyl (C=O) groups is 1. The number of rotatable bonds is 3. The Morgan fingerprint density at radius 2 is 2.14 bits per heavy atom. The van der Waals surface area contributed by atoms with Crippen molar-refractivity contribution in [3.8, 4) is 0 Å². The van der Waals surface area contributed by atoms with E-state index in [9.17, 15) is 13.6 Å². The van der Waals surface area contributed by atoms with Crippen molar-refractivity contribution in [2.75, 3.05) is 7.05 Å². The van der Waals surface area contributed by atoms with E-state index >= 15 is 0 Å². The van der Waals surface area contributed by atoms with Gasteiger partial charge in [0.2, 0.25) is 5.91 Å². The molecule has 1 aromatic rings. The van der Waals surface area contributed by atoms with E-state index in [1.165, 1.54) is 13.1 Å². The van der Waals surface area contributed by atoms with Crippen LogP contribution in [-0.4, -0.2) is 13.0 Å². The fourth-order valence-electron chi connectivity index (χ4n) is 1.19. The van der Waals surface area contributed by atoms with Crippen molar-refractivity contribution in [1.82, 2.24) is 5.32 Å². The molecule has 0 fully saturated rings. The van der Waals surface area contributed by atoms with Gasteiger partial charge in [-0.15, -0.1) is 0 Å². The molecule has 1 atom stereocenters. The maximum absolute atomic E-state index is 13.2. The van der Waals surface area contributed by atoms with Gasteiger partial charge in [0.25, 0.3) is 0 Å². The lowest BCUT2D eigenvalue weighted by Crippen LogP contribution is -2.31. The topological polar surface area (TPSA) is 55.1 Å². The number of carbonyl (C=O) groups excluding carboxylic acids is 1. The van der Waals surface area contributed by atoms with E-state index in [-0.39, 0.29) is 5.56 Å². The molecule has 1 amide bonds. The van der Waals surface area contributed by atoms with Gasteiger partial charge in [0.05, 0.1) is 0 Å². The average Bonchev–Trinajstić information content (AvgIpc) is 2.09. The van der Waals surface area contributed by atoms with E-state index in [0.717, 1.165) is 6.07 Å². The summed E-state index contributed by atoms with van der Waals surface area (Å²) in [6, 6.07) is 2.04. The summed E-state index contributed by atoms with van der Waals surface area (Å²) in [5.41, 5.74) is 5.07. The van der Waals surface area contributed by atoms with E-state index < -0.39 is 23.6 Å². The van der Waals surface area contributed by atoms with Crippen molar-refractivity contribution < 1.29 is 13.6 Å². The molecule has 76 valence electrons.